The lowest BCUT2D eigenvalue weighted by Gasteiger charge is -2.11. The van der Waals surface area contributed by atoms with Crippen molar-refractivity contribution in [2.75, 3.05) is 11.9 Å². The summed E-state index contributed by atoms with van der Waals surface area (Å²) in [6, 6.07) is 14.4. The Kier molecular flexibility index (Phi) is 6.77. The smallest absolute Gasteiger partial charge is 0.255 e. The molecule has 3 aromatic rings. The number of aryl methyl sites for hydroxylation is 4. The van der Waals surface area contributed by atoms with Gasteiger partial charge in [-0.3, -0.25) is 9.59 Å². The fourth-order valence-electron chi connectivity index (χ4n) is 3.74. The molecule has 2 N–H and O–H groups in total. The van der Waals surface area contributed by atoms with Crippen LogP contribution in [0.5, 0.6) is 0 Å². The Balaban J connectivity index is 1.30. The van der Waals surface area contributed by atoms with Crippen molar-refractivity contribution in [2.45, 2.75) is 45.4 Å². The lowest BCUT2D eigenvalue weighted by Crippen LogP contribution is -2.25. The van der Waals surface area contributed by atoms with Gasteiger partial charge < -0.3 is 10.6 Å². The molecule has 1 aromatic heterocycles. The van der Waals surface area contributed by atoms with E-state index in [1.807, 2.05) is 42.5 Å². The topological polar surface area (TPSA) is 71.1 Å². The van der Waals surface area contributed by atoms with Gasteiger partial charge in [-0.05, 0) is 68.9 Å². The largest absolute Gasteiger partial charge is 0.352 e. The highest BCUT2D eigenvalue weighted by Gasteiger charge is 2.15. The molecular formula is C25H27N3O2S. The Bertz CT molecular complexity index is 1050. The SMILES string of the molecule is Cc1ccc(C(=O)NCCCc2nc3c(s2)CCCC3)cc1NC(=O)c1ccccc1. The fourth-order valence-corrected chi connectivity index (χ4v) is 4.94. The normalized spacial score (nSPS) is 12.8. The number of thiazole rings is 1. The number of aromatic nitrogens is 1. The summed E-state index contributed by atoms with van der Waals surface area (Å²) in [7, 11) is 0. The van der Waals surface area contributed by atoms with Gasteiger partial charge in [0.05, 0.1) is 10.7 Å². The average molecular weight is 434 g/mol. The zero-order valence-corrected chi connectivity index (χ0v) is 18.6. The summed E-state index contributed by atoms with van der Waals surface area (Å²) < 4.78 is 0. The third kappa shape index (κ3) is 5.39. The predicted molar refractivity (Wildman–Crippen MR) is 125 cm³/mol. The van der Waals surface area contributed by atoms with E-state index in [2.05, 4.69) is 10.6 Å². The lowest BCUT2D eigenvalue weighted by molar-refractivity contribution is 0.0951. The summed E-state index contributed by atoms with van der Waals surface area (Å²) in [6.07, 6.45) is 6.55. The quantitative estimate of drug-likeness (QED) is 0.518. The number of benzene rings is 2. The van der Waals surface area contributed by atoms with Crippen molar-refractivity contribution in [1.29, 1.82) is 0 Å². The van der Waals surface area contributed by atoms with E-state index in [4.69, 9.17) is 4.98 Å². The third-order valence-electron chi connectivity index (χ3n) is 5.53. The van der Waals surface area contributed by atoms with Crippen molar-refractivity contribution in [3.05, 3.63) is 80.8 Å². The van der Waals surface area contributed by atoms with Gasteiger partial charge in [0.15, 0.2) is 0 Å². The van der Waals surface area contributed by atoms with Crippen LogP contribution in [-0.4, -0.2) is 23.3 Å². The molecule has 1 heterocycles. The van der Waals surface area contributed by atoms with Gasteiger partial charge in [-0.2, -0.15) is 0 Å². The Morgan fingerprint density at radius 3 is 2.61 bits per heavy atom. The third-order valence-corrected chi connectivity index (χ3v) is 6.74. The summed E-state index contributed by atoms with van der Waals surface area (Å²) in [5, 5.41) is 7.08. The van der Waals surface area contributed by atoms with Crippen LogP contribution in [0.25, 0.3) is 0 Å². The molecule has 0 unspecified atom stereocenters. The second-order valence-corrected chi connectivity index (χ2v) is 9.06. The Hall–Kier alpha value is -2.99. The molecule has 2 aromatic carbocycles. The monoisotopic (exact) mass is 433 g/mol. The molecule has 5 nitrogen and oxygen atoms in total. The highest BCUT2D eigenvalue weighted by atomic mass is 32.1. The number of rotatable bonds is 7. The number of nitrogens with zero attached hydrogens (tertiary/aromatic N) is 1. The summed E-state index contributed by atoms with van der Waals surface area (Å²) in [6.45, 7) is 2.51. The first-order valence-electron chi connectivity index (χ1n) is 10.8. The highest BCUT2D eigenvalue weighted by Crippen LogP contribution is 2.27. The average Bonchev–Trinajstić information content (AvgIpc) is 3.21. The first kappa shape index (κ1) is 21.2. The molecule has 0 atom stereocenters. The Morgan fingerprint density at radius 1 is 1.00 bits per heavy atom. The zero-order valence-electron chi connectivity index (χ0n) is 17.7. The van der Waals surface area contributed by atoms with E-state index in [0.29, 0.717) is 23.4 Å². The summed E-state index contributed by atoms with van der Waals surface area (Å²) in [4.78, 5) is 31.3. The molecule has 0 saturated heterocycles. The second-order valence-electron chi connectivity index (χ2n) is 7.89. The van der Waals surface area contributed by atoms with Crippen LogP contribution in [0, 0.1) is 6.92 Å². The van der Waals surface area contributed by atoms with Gasteiger partial charge in [0.25, 0.3) is 11.8 Å². The zero-order chi connectivity index (χ0) is 21.6. The van der Waals surface area contributed by atoms with Gasteiger partial charge in [0.2, 0.25) is 0 Å². The second kappa shape index (κ2) is 9.88. The van der Waals surface area contributed by atoms with Gasteiger partial charge in [-0.15, -0.1) is 11.3 Å². The summed E-state index contributed by atoms with van der Waals surface area (Å²) >= 11 is 1.83. The van der Waals surface area contributed by atoms with Crippen LogP contribution >= 0.6 is 11.3 Å². The van der Waals surface area contributed by atoms with Crippen LogP contribution in [0.3, 0.4) is 0 Å². The maximum Gasteiger partial charge on any atom is 0.255 e. The molecule has 0 radical (unpaired) electrons. The van der Waals surface area contributed by atoms with Gasteiger partial charge in [-0.1, -0.05) is 24.3 Å². The molecule has 4 rings (SSSR count). The van der Waals surface area contributed by atoms with Gasteiger partial charge in [0, 0.05) is 34.7 Å². The van der Waals surface area contributed by atoms with E-state index in [1.165, 1.54) is 34.8 Å². The molecule has 0 fully saturated rings. The van der Waals surface area contributed by atoms with Crippen LogP contribution in [0.15, 0.2) is 48.5 Å². The van der Waals surface area contributed by atoms with Crippen molar-refractivity contribution in [3.63, 3.8) is 0 Å². The number of amides is 2. The minimum absolute atomic E-state index is 0.131. The van der Waals surface area contributed by atoms with Gasteiger partial charge >= 0.3 is 0 Å². The van der Waals surface area contributed by atoms with Crippen LogP contribution in [-0.2, 0) is 19.3 Å². The maximum absolute atomic E-state index is 12.6. The van der Waals surface area contributed by atoms with Crippen molar-refractivity contribution >= 4 is 28.8 Å². The number of hydrogen-bond acceptors (Lipinski definition) is 4. The fraction of sp³-hybridized carbons (Fsp3) is 0.320. The van der Waals surface area contributed by atoms with Crippen molar-refractivity contribution in [3.8, 4) is 0 Å². The van der Waals surface area contributed by atoms with Crippen molar-refractivity contribution < 1.29 is 9.59 Å². The number of hydrogen-bond donors (Lipinski definition) is 2. The van der Waals surface area contributed by atoms with E-state index in [1.54, 1.807) is 24.3 Å². The van der Waals surface area contributed by atoms with Gasteiger partial charge in [0.1, 0.15) is 0 Å². The molecule has 0 aliphatic heterocycles. The molecule has 160 valence electrons. The minimum atomic E-state index is -0.188. The van der Waals surface area contributed by atoms with Crippen LogP contribution in [0.2, 0.25) is 0 Å². The summed E-state index contributed by atoms with van der Waals surface area (Å²) in [5.74, 6) is -0.318. The Morgan fingerprint density at radius 2 is 1.81 bits per heavy atom. The van der Waals surface area contributed by atoms with E-state index < -0.39 is 0 Å². The maximum atomic E-state index is 12.6. The number of carbonyl (C=O) groups excluding carboxylic acids is 2. The minimum Gasteiger partial charge on any atom is -0.352 e. The van der Waals surface area contributed by atoms with Crippen molar-refractivity contribution in [1.82, 2.24) is 10.3 Å². The Labute approximate surface area is 186 Å². The first-order valence-corrected chi connectivity index (χ1v) is 11.6. The molecule has 0 saturated carbocycles. The molecule has 6 heteroatoms. The number of anilines is 1. The standard InChI is InChI=1S/C25H27N3O2S/c1-17-13-14-19(16-21(17)28-25(30)18-8-3-2-4-9-18)24(29)26-15-7-12-23-27-20-10-5-6-11-22(20)31-23/h2-4,8-9,13-14,16H,5-7,10-12,15H2,1H3,(H,26,29)(H,28,30). The number of nitrogens with one attached hydrogen (secondary N) is 2. The summed E-state index contributed by atoms with van der Waals surface area (Å²) in [5.41, 5.74) is 3.97. The van der Waals surface area contributed by atoms with Gasteiger partial charge in [-0.25, -0.2) is 4.98 Å². The molecule has 1 aliphatic carbocycles. The van der Waals surface area contributed by atoms with Crippen LogP contribution in [0.4, 0.5) is 5.69 Å². The molecule has 1 aliphatic rings. The number of fused-ring (bicyclic) bond motifs is 1. The van der Waals surface area contributed by atoms with Crippen molar-refractivity contribution in [2.24, 2.45) is 0 Å². The van der Waals surface area contributed by atoms with E-state index in [-0.39, 0.29) is 11.8 Å². The van der Waals surface area contributed by atoms with E-state index >= 15 is 0 Å². The predicted octanol–water partition coefficient (Wildman–Crippen LogP) is 4.95. The highest BCUT2D eigenvalue weighted by molar-refractivity contribution is 7.11. The number of carbonyl (C=O) groups is 2. The first-order chi connectivity index (χ1) is 15.1. The molecule has 0 spiro atoms. The van der Waals surface area contributed by atoms with Crippen LogP contribution < -0.4 is 10.6 Å². The van der Waals surface area contributed by atoms with E-state index in [0.717, 1.165) is 24.8 Å². The lowest BCUT2D eigenvalue weighted by atomic mass is 10.0. The molecule has 2 amide bonds. The molecule has 31 heavy (non-hydrogen) atoms. The molecular weight excluding hydrogens is 406 g/mol. The molecule has 0 bridgehead atoms. The van der Waals surface area contributed by atoms with Crippen LogP contribution in [0.1, 0.15) is 61.1 Å². The van der Waals surface area contributed by atoms with E-state index in [9.17, 15) is 9.59 Å².